The van der Waals surface area contributed by atoms with Crippen LogP contribution in [-0.4, -0.2) is 24.5 Å². The smallest absolute Gasteiger partial charge is 0.319 e. The second-order valence-corrected chi connectivity index (χ2v) is 3.21. The Hall–Kier alpha value is -2.08. The van der Waals surface area contributed by atoms with Crippen LogP contribution in [0.1, 0.15) is 0 Å². The van der Waals surface area contributed by atoms with Crippen LogP contribution in [0.15, 0.2) is 30.3 Å². The minimum absolute atomic E-state index is 0.00794. The maximum absolute atomic E-state index is 11.3. The molecule has 1 aromatic rings. The number of para-hydroxylation sites is 1. The molecule has 0 spiro atoms. The Bertz CT molecular complexity index is 366. The van der Waals surface area contributed by atoms with Crippen molar-refractivity contribution in [3.8, 4) is 0 Å². The molecule has 1 rings (SSSR count). The third-order valence-electron chi connectivity index (χ3n) is 1.88. The lowest BCUT2D eigenvalue weighted by atomic mass is 10.3. The lowest BCUT2D eigenvalue weighted by Crippen LogP contribution is -2.46. The van der Waals surface area contributed by atoms with E-state index in [1.165, 1.54) is 0 Å². The molecule has 1 unspecified atom stereocenters. The van der Waals surface area contributed by atoms with Gasteiger partial charge >= 0.3 is 6.03 Å². The summed E-state index contributed by atoms with van der Waals surface area (Å²) in [5.41, 5.74) is 10.9. The van der Waals surface area contributed by atoms with Crippen LogP contribution in [0.3, 0.4) is 0 Å². The minimum atomic E-state index is -0.874. The third kappa shape index (κ3) is 3.97. The number of benzene rings is 1. The molecular formula is C10H14N4O2. The van der Waals surface area contributed by atoms with Crippen LogP contribution in [-0.2, 0) is 4.79 Å². The highest BCUT2D eigenvalue weighted by atomic mass is 16.2. The summed E-state index contributed by atoms with van der Waals surface area (Å²) in [7, 11) is 0. The predicted octanol–water partition coefficient (Wildman–Crippen LogP) is -0.379. The SMILES string of the molecule is NC(=O)C(N)CNC(=O)Nc1ccccc1. The molecule has 0 aliphatic carbocycles. The van der Waals surface area contributed by atoms with Crippen molar-refractivity contribution in [2.45, 2.75) is 6.04 Å². The lowest BCUT2D eigenvalue weighted by Gasteiger charge is -2.10. The molecule has 0 fully saturated rings. The molecule has 16 heavy (non-hydrogen) atoms. The first-order valence-corrected chi connectivity index (χ1v) is 4.74. The van der Waals surface area contributed by atoms with Crippen molar-refractivity contribution < 1.29 is 9.59 Å². The van der Waals surface area contributed by atoms with Crippen LogP contribution in [0, 0.1) is 0 Å². The zero-order valence-electron chi connectivity index (χ0n) is 8.64. The van der Waals surface area contributed by atoms with Gasteiger partial charge in [-0.05, 0) is 12.1 Å². The molecule has 0 aliphatic heterocycles. The Balaban J connectivity index is 2.35. The summed E-state index contributed by atoms with van der Waals surface area (Å²) in [5.74, 6) is -0.653. The lowest BCUT2D eigenvalue weighted by molar-refractivity contribution is -0.119. The highest BCUT2D eigenvalue weighted by Gasteiger charge is 2.10. The molecule has 0 bridgehead atoms. The molecule has 3 amide bonds. The van der Waals surface area contributed by atoms with Gasteiger partial charge in [-0.1, -0.05) is 18.2 Å². The molecule has 1 atom stereocenters. The fourth-order valence-corrected chi connectivity index (χ4v) is 1.00. The van der Waals surface area contributed by atoms with Crippen LogP contribution in [0.5, 0.6) is 0 Å². The fraction of sp³-hybridized carbons (Fsp3) is 0.200. The van der Waals surface area contributed by atoms with E-state index in [0.29, 0.717) is 5.69 Å². The first-order valence-electron chi connectivity index (χ1n) is 4.74. The summed E-state index contributed by atoms with van der Waals surface area (Å²) in [6, 6.07) is 7.62. The maximum Gasteiger partial charge on any atom is 0.319 e. The van der Waals surface area contributed by atoms with E-state index in [9.17, 15) is 9.59 Å². The number of carbonyl (C=O) groups excluding carboxylic acids is 2. The van der Waals surface area contributed by atoms with Crippen LogP contribution in [0.25, 0.3) is 0 Å². The second kappa shape index (κ2) is 5.72. The Morgan fingerprint density at radius 3 is 2.44 bits per heavy atom. The molecule has 86 valence electrons. The van der Waals surface area contributed by atoms with Crippen molar-refractivity contribution in [3.63, 3.8) is 0 Å². The van der Waals surface area contributed by atoms with E-state index in [-0.39, 0.29) is 6.54 Å². The number of primary amides is 1. The molecule has 6 N–H and O–H groups in total. The molecule has 0 saturated heterocycles. The zero-order chi connectivity index (χ0) is 12.0. The van der Waals surface area contributed by atoms with Crippen LogP contribution in [0.4, 0.5) is 10.5 Å². The van der Waals surface area contributed by atoms with Gasteiger partial charge in [0.2, 0.25) is 5.91 Å². The number of anilines is 1. The average Bonchev–Trinajstić information content (AvgIpc) is 2.27. The quantitative estimate of drug-likeness (QED) is 0.557. The molecule has 1 aromatic carbocycles. The monoisotopic (exact) mass is 222 g/mol. The minimum Gasteiger partial charge on any atom is -0.368 e. The molecule has 0 aliphatic rings. The van der Waals surface area contributed by atoms with Crippen LogP contribution >= 0.6 is 0 Å². The van der Waals surface area contributed by atoms with E-state index in [0.717, 1.165) is 0 Å². The molecule has 0 saturated carbocycles. The van der Waals surface area contributed by atoms with E-state index >= 15 is 0 Å². The molecule has 0 heterocycles. The molecule has 0 radical (unpaired) electrons. The van der Waals surface area contributed by atoms with Crippen LogP contribution < -0.4 is 22.1 Å². The van der Waals surface area contributed by atoms with Crippen molar-refractivity contribution in [2.75, 3.05) is 11.9 Å². The predicted molar refractivity (Wildman–Crippen MR) is 60.6 cm³/mol. The van der Waals surface area contributed by atoms with Gasteiger partial charge in [-0.25, -0.2) is 4.79 Å². The normalized spacial score (nSPS) is 11.6. The van der Waals surface area contributed by atoms with Crippen molar-refractivity contribution >= 4 is 17.6 Å². The number of urea groups is 1. The third-order valence-corrected chi connectivity index (χ3v) is 1.88. The molecule has 6 nitrogen and oxygen atoms in total. The van der Waals surface area contributed by atoms with Gasteiger partial charge in [-0.15, -0.1) is 0 Å². The summed E-state index contributed by atoms with van der Waals surface area (Å²) < 4.78 is 0. The van der Waals surface area contributed by atoms with Gasteiger partial charge in [0.1, 0.15) is 6.04 Å². The first-order chi connectivity index (χ1) is 7.59. The maximum atomic E-state index is 11.3. The highest BCUT2D eigenvalue weighted by Crippen LogP contribution is 2.03. The van der Waals surface area contributed by atoms with Gasteiger partial charge in [-0.3, -0.25) is 4.79 Å². The van der Waals surface area contributed by atoms with Crippen molar-refractivity contribution in [1.29, 1.82) is 0 Å². The Morgan fingerprint density at radius 1 is 1.25 bits per heavy atom. The molecule has 6 heteroatoms. The van der Waals surface area contributed by atoms with Gasteiger partial charge in [-0.2, -0.15) is 0 Å². The Kier molecular flexibility index (Phi) is 4.28. The number of rotatable bonds is 4. The van der Waals surface area contributed by atoms with E-state index in [4.69, 9.17) is 11.5 Å². The van der Waals surface area contributed by atoms with E-state index < -0.39 is 18.0 Å². The largest absolute Gasteiger partial charge is 0.368 e. The van der Waals surface area contributed by atoms with E-state index in [2.05, 4.69) is 10.6 Å². The number of hydrogen-bond acceptors (Lipinski definition) is 3. The summed E-state index contributed by atoms with van der Waals surface area (Å²) in [4.78, 5) is 21.9. The van der Waals surface area contributed by atoms with Crippen molar-refractivity contribution in [3.05, 3.63) is 30.3 Å². The van der Waals surface area contributed by atoms with Crippen molar-refractivity contribution in [1.82, 2.24) is 5.32 Å². The summed E-state index contributed by atoms with van der Waals surface area (Å²) in [6.07, 6.45) is 0. The van der Waals surface area contributed by atoms with Gasteiger partial charge in [0.05, 0.1) is 0 Å². The standard InChI is InChI=1S/C10H14N4O2/c11-8(9(12)15)6-13-10(16)14-7-4-2-1-3-5-7/h1-5,8H,6,11H2,(H2,12,15)(H2,13,14,16). The number of nitrogens with one attached hydrogen (secondary N) is 2. The van der Waals surface area contributed by atoms with Crippen molar-refractivity contribution in [2.24, 2.45) is 11.5 Å². The number of nitrogens with two attached hydrogens (primary N) is 2. The van der Waals surface area contributed by atoms with Crippen LogP contribution in [0.2, 0.25) is 0 Å². The Morgan fingerprint density at radius 2 is 1.88 bits per heavy atom. The summed E-state index contributed by atoms with van der Waals surface area (Å²) in [6.45, 7) is 0.00794. The van der Waals surface area contributed by atoms with Gasteiger partial charge in [0.25, 0.3) is 0 Å². The van der Waals surface area contributed by atoms with E-state index in [1.54, 1.807) is 24.3 Å². The van der Waals surface area contributed by atoms with Gasteiger partial charge < -0.3 is 22.1 Å². The zero-order valence-corrected chi connectivity index (χ0v) is 8.64. The molecule has 0 aromatic heterocycles. The highest BCUT2D eigenvalue weighted by molar-refractivity contribution is 5.89. The Labute approximate surface area is 93.0 Å². The van der Waals surface area contributed by atoms with E-state index in [1.807, 2.05) is 6.07 Å². The number of amides is 3. The molecular weight excluding hydrogens is 208 g/mol. The fourth-order valence-electron chi connectivity index (χ4n) is 1.00. The topological polar surface area (TPSA) is 110 Å². The number of hydrogen-bond donors (Lipinski definition) is 4. The number of carbonyl (C=O) groups is 2. The van der Waals surface area contributed by atoms with Gasteiger partial charge in [0.15, 0.2) is 0 Å². The van der Waals surface area contributed by atoms with Gasteiger partial charge in [0, 0.05) is 12.2 Å². The summed E-state index contributed by atoms with van der Waals surface area (Å²) in [5, 5.41) is 5.01. The first kappa shape index (κ1) is 12.0. The average molecular weight is 222 g/mol. The summed E-state index contributed by atoms with van der Waals surface area (Å²) >= 11 is 0. The second-order valence-electron chi connectivity index (χ2n) is 3.21.